The molecular formula is C23H23NO6. The highest BCUT2D eigenvalue weighted by atomic mass is 16.5. The van der Waals surface area contributed by atoms with Gasteiger partial charge in [0.25, 0.3) is 0 Å². The summed E-state index contributed by atoms with van der Waals surface area (Å²) in [7, 11) is 1.50. The first kappa shape index (κ1) is 19.0. The van der Waals surface area contributed by atoms with Crippen LogP contribution in [0.2, 0.25) is 0 Å². The van der Waals surface area contributed by atoms with Crippen LogP contribution in [0.4, 0.5) is 0 Å². The molecule has 1 aliphatic heterocycles. The van der Waals surface area contributed by atoms with Gasteiger partial charge in [-0.05, 0) is 49.1 Å². The SMILES string of the molecule is COc1cccc(C(=O)COC(=O)[C@H](C)N2C(=O)[C@H]3[C@@H]4C=C[C@H]([C@H]5C[C@H]45)[C@@H]3C2=O)c1. The van der Waals surface area contributed by atoms with Crippen LogP contribution in [0.5, 0.6) is 5.75 Å². The van der Waals surface area contributed by atoms with Crippen LogP contribution >= 0.6 is 0 Å². The molecule has 5 aliphatic rings. The van der Waals surface area contributed by atoms with Crippen molar-refractivity contribution in [2.75, 3.05) is 13.7 Å². The number of amides is 2. The number of imide groups is 1. The van der Waals surface area contributed by atoms with Gasteiger partial charge in [-0.2, -0.15) is 0 Å². The minimum absolute atomic E-state index is 0.101. The number of benzene rings is 1. The summed E-state index contributed by atoms with van der Waals surface area (Å²) in [5.41, 5.74) is 0.357. The minimum atomic E-state index is -1.05. The van der Waals surface area contributed by atoms with E-state index < -0.39 is 18.6 Å². The van der Waals surface area contributed by atoms with Crippen molar-refractivity contribution in [3.63, 3.8) is 0 Å². The van der Waals surface area contributed by atoms with Crippen LogP contribution in [0.15, 0.2) is 36.4 Å². The average Bonchev–Trinajstić information content (AvgIpc) is 3.54. The Morgan fingerprint density at radius 1 is 1.10 bits per heavy atom. The smallest absolute Gasteiger partial charge is 0.329 e. The van der Waals surface area contributed by atoms with Gasteiger partial charge in [-0.15, -0.1) is 0 Å². The molecular weight excluding hydrogens is 386 g/mol. The lowest BCUT2D eigenvalue weighted by molar-refractivity contribution is -0.157. The zero-order valence-electron chi connectivity index (χ0n) is 16.8. The number of ether oxygens (including phenoxy) is 2. The average molecular weight is 409 g/mol. The fourth-order valence-electron chi connectivity index (χ4n) is 5.60. The third-order valence-corrected chi connectivity index (χ3v) is 7.16. The Balaban J connectivity index is 1.25. The molecule has 1 aromatic rings. The van der Waals surface area contributed by atoms with Crippen LogP contribution in [0.3, 0.4) is 0 Å². The van der Waals surface area contributed by atoms with Gasteiger partial charge in [-0.25, -0.2) is 4.79 Å². The van der Waals surface area contributed by atoms with E-state index in [1.54, 1.807) is 24.3 Å². The van der Waals surface area contributed by atoms with Crippen molar-refractivity contribution in [3.8, 4) is 5.75 Å². The largest absolute Gasteiger partial charge is 0.497 e. The van der Waals surface area contributed by atoms with Gasteiger partial charge < -0.3 is 9.47 Å². The van der Waals surface area contributed by atoms with E-state index in [0.29, 0.717) is 23.1 Å². The molecule has 7 atom stereocenters. The quantitative estimate of drug-likeness (QED) is 0.308. The monoisotopic (exact) mass is 409 g/mol. The molecule has 1 saturated heterocycles. The molecule has 30 heavy (non-hydrogen) atoms. The molecule has 6 rings (SSSR count). The number of allylic oxidation sites excluding steroid dienone is 2. The van der Waals surface area contributed by atoms with Gasteiger partial charge in [0.1, 0.15) is 11.8 Å². The van der Waals surface area contributed by atoms with Crippen LogP contribution in [0.25, 0.3) is 0 Å². The molecule has 0 spiro atoms. The maximum Gasteiger partial charge on any atom is 0.329 e. The fraction of sp³-hybridized carbons (Fsp3) is 0.478. The molecule has 2 amide bonds. The van der Waals surface area contributed by atoms with Crippen LogP contribution < -0.4 is 4.74 Å². The second-order valence-electron chi connectivity index (χ2n) is 8.64. The Morgan fingerprint density at radius 2 is 1.73 bits per heavy atom. The molecule has 0 unspecified atom stereocenters. The van der Waals surface area contributed by atoms with Crippen LogP contribution in [0, 0.1) is 35.5 Å². The number of carbonyl (C=O) groups excluding carboxylic acids is 4. The number of hydrogen-bond acceptors (Lipinski definition) is 6. The highest BCUT2D eigenvalue weighted by Gasteiger charge is 2.67. The maximum absolute atomic E-state index is 13.1. The Morgan fingerprint density at radius 3 is 2.33 bits per heavy atom. The summed E-state index contributed by atoms with van der Waals surface area (Å²) in [6.07, 6.45) is 5.26. The third-order valence-electron chi connectivity index (χ3n) is 7.16. The summed E-state index contributed by atoms with van der Waals surface area (Å²) in [6.45, 7) is 1.03. The topological polar surface area (TPSA) is 90.0 Å². The molecule has 7 nitrogen and oxygen atoms in total. The van der Waals surface area contributed by atoms with E-state index in [-0.39, 0.29) is 41.3 Å². The molecule has 1 heterocycles. The second kappa shape index (κ2) is 6.79. The Bertz CT molecular complexity index is 948. The van der Waals surface area contributed by atoms with Crippen molar-refractivity contribution >= 4 is 23.6 Å². The number of likely N-dealkylation sites (tertiary alicyclic amines) is 1. The lowest BCUT2D eigenvalue weighted by atomic mass is 9.63. The van der Waals surface area contributed by atoms with Crippen molar-refractivity contribution in [1.82, 2.24) is 4.90 Å². The lowest BCUT2D eigenvalue weighted by Crippen LogP contribution is -2.45. The fourth-order valence-corrected chi connectivity index (χ4v) is 5.60. The van der Waals surface area contributed by atoms with Gasteiger partial charge in [0, 0.05) is 5.56 Å². The van der Waals surface area contributed by atoms with E-state index in [2.05, 4.69) is 12.2 Å². The number of esters is 1. The van der Waals surface area contributed by atoms with Gasteiger partial charge in [-0.3, -0.25) is 19.3 Å². The molecule has 7 heteroatoms. The summed E-state index contributed by atoms with van der Waals surface area (Å²) < 4.78 is 10.3. The lowest BCUT2D eigenvalue weighted by Gasteiger charge is -2.37. The van der Waals surface area contributed by atoms with Crippen molar-refractivity contribution < 1.29 is 28.7 Å². The maximum atomic E-state index is 13.1. The van der Waals surface area contributed by atoms with Crippen molar-refractivity contribution in [2.24, 2.45) is 35.5 Å². The number of Topliss-reactive ketones (excluding diaryl/α,β-unsaturated/α-hetero) is 1. The van der Waals surface area contributed by atoms with Crippen molar-refractivity contribution in [2.45, 2.75) is 19.4 Å². The van der Waals surface area contributed by atoms with E-state index in [1.807, 2.05) is 0 Å². The van der Waals surface area contributed by atoms with E-state index in [0.717, 1.165) is 11.3 Å². The van der Waals surface area contributed by atoms with E-state index in [4.69, 9.17) is 9.47 Å². The standard InChI is InChI=1S/C23H23NO6/c1-11(23(28)30-10-18(25)12-4-3-5-13(8-12)29-2)24-21(26)19-14-6-7-15(17-9-16(14)17)20(19)22(24)27/h3-8,11,14-17,19-20H,9-10H2,1-2H3/t11-,14+,15+,16+,17+,19-,20-/m0/s1. The number of rotatable bonds is 6. The normalized spacial score (nSPS) is 33.7. The summed E-state index contributed by atoms with van der Waals surface area (Å²) in [6, 6.07) is 5.50. The molecule has 0 N–H and O–H groups in total. The van der Waals surface area contributed by atoms with Gasteiger partial charge in [-0.1, -0.05) is 24.3 Å². The van der Waals surface area contributed by atoms with Crippen LogP contribution in [0.1, 0.15) is 23.7 Å². The molecule has 156 valence electrons. The highest BCUT2D eigenvalue weighted by Crippen LogP contribution is 2.65. The van der Waals surface area contributed by atoms with Gasteiger partial charge in [0.05, 0.1) is 18.9 Å². The third kappa shape index (κ3) is 2.71. The molecule has 0 radical (unpaired) electrons. The Kier molecular flexibility index (Phi) is 4.31. The number of methoxy groups -OCH3 is 1. The number of ketones is 1. The summed E-state index contributed by atoms with van der Waals surface area (Å²) in [4.78, 5) is 52.1. The molecule has 2 saturated carbocycles. The van der Waals surface area contributed by atoms with Crippen molar-refractivity contribution in [3.05, 3.63) is 42.0 Å². The van der Waals surface area contributed by atoms with Crippen LogP contribution in [-0.2, 0) is 19.1 Å². The first-order valence-corrected chi connectivity index (χ1v) is 10.3. The zero-order chi connectivity index (χ0) is 21.2. The molecule has 3 fully saturated rings. The predicted octanol–water partition coefficient (Wildman–Crippen LogP) is 1.86. The first-order chi connectivity index (χ1) is 14.4. The van der Waals surface area contributed by atoms with Gasteiger partial charge in [0.15, 0.2) is 12.4 Å². The molecule has 2 bridgehead atoms. The second-order valence-corrected chi connectivity index (χ2v) is 8.64. The summed E-state index contributed by atoms with van der Waals surface area (Å²) in [5, 5.41) is 0. The zero-order valence-corrected chi connectivity index (χ0v) is 16.8. The minimum Gasteiger partial charge on any atom is -0.497 e. The predicted molar refractivity (Wildman–Crippen MR) is 104 cm³/mol. The molecule has 4 aliphatic carbocycles. The number of carbonyl (C=O) groups is 4. The van der Waals surface area contributed by atoms with Crippen molar-refractivity contribution in [1.29, 1.82) is 0 Å². The van der Waals surface area contributed by atoms with Gasteiger partial charge >= 0.3 is 5.97 Å². The van der Waals surface area contributed by atoms with Gasteiger partial charge in [0.2, 0.25) is 11.8 Å². The summed E-state index contributed by atoms with van der Waals surface area (Å²) >= 11 is 0. The van der Waals surface area contributed by atoms with E-state index in [1.165, 1.54) is 14.0 Å². The van der Waals surface area contributed by atoms with E-state index >= 15 is 0 Å². The Hall–Kier alpha value is -2.96. The van der Waals surface area contributed by atoms with Crippen LogP contribution in [-0.4, -0.2) is 48.2 Å². The highest BCUT2D eigenvalue weighted by molar-refractivity contribution is 6.09. The summed E-state index contributed by atoms with van der Waals surface area (Å²) in [5.74, 6) is -0.680. The first-order valence-electron chi connectivity index (χ1n) is 10.3. The number of hydrogen-bond donors (Lipinski definition) is 0. The molecule has 1 aromatic carbocycles. The molecule has 0 aromatic heterocycles. The Labute approximate surface area is 174 Å². The van der Waals surface area contributed by atoms with E-state index in [9.17, 15) is 19.2 Å². The number of nitrogens with zero attached hydrogens (tertiary/aromatic N) is 1.